The first-order chi connectivity index (χ1) is 27.7. The third-order valence-electron chi connectivity index (χ3n) is 17.8. The molecule has 0 spiro atoms. The standard InChI is InChI=1S/C52H72N4/c1-36-24-25-43-34-45(35-51(36)56(43)40-17-7-5-3-2-4-6-8-18-40)54-29-27-47-48(21-13-23-50(47)54)52-38-15-11-16-39(52)31-46(30-38)55-41-19-12-20-42(55)33-44(32-41)53-28-26-37-14-9-10-22-49(37)53/h9-10,13-14,21-23,26-29,36,38-46,51-52H,2-8,11-12,15-20,24-25,30-35H2,1H3/t36-,38-,39+,41-,42+,43+,44?,45-,46?,51+,52?/m1/s1. The molecule has 4 nitrogen and oxygen atoms in total. The van der Waals surface area contributed by atoms with Crippen molar-refractivity contribution in [1.82, 2.24) is 18.9 Å². The molecule has 3 unspecified atom stereocenters. The van der Waals surface area contributed by atoms with Gasteiger partial charge in [-0.25, -0.2) is 0 Å². The average molecular weight is 753 g/mol. The Balaban J connectivity index is 0.821. The van der Waals surface area contributed by atoms with E-state index in [-0.39, 0.29) is 0 Å². The summed E-state index contributed by atoms with van der Waals surface area (Å²) in [5.74, 6) is 3.26. The molecule has 0 amide bonds. The highest BCUT2D eigenvalue weighted by molar-refractivity contribution is 5.84. The number of benzene rings is 2. The molecular formula is C52H72N4. The SMILES string of the molecule is C[C@@H]1CC[C@H]2C[C@@H](n3ccc4c(C5[C@@H]6CCC[C@H]5CC(N5[C@@H]7CCC[C@H]5CC(n5ccc8ccccc85)C7)C6)cccc43)C[C@@H]1N2C1CCCCCCCCC1. The van der Waals surface area contributed by atoms with E-state index in [1.807, 2.05) is 0 Å². The number of aromatic nitrogens is 2. The Labute approximate surface area is 338 Å². The van der Waals surface area contributed by atoms with Crippen LogP contribution in [0, 0.1) is 17.8 Å². The van der Waals surface area contributed by atoms with E-state index in [0.717, 1.165) is 59.9 Å². The molecule has 0 N–H and O–H groups in total. The summed E-state index contributed by atoms with van der Waals surface area (Å²) in [6.45, 7) is 2.61. The van der Waals surface area contributed by atoms with Crippen molar-refractivity contribution in [2.24, 2.45) is 17.8 Å². The lowest BCUT2D eigenvalue weighted by Gasteiger charge is -2.57. The van der Waals surface area contributed by atoms with Crippen molar-refractivity contribution >= 4 is 21.8 Å². The van der Waals surface area contributed by atoms with Crippen LogP contribution < -0.4 is 0 Å². The monoisotopic (exact) mass is 753 g/mol. The smallest absolute Gasteiger partial charge is 0.0485 e. The molecule has 56 heavy (non-hydrogen) atoms. The van der Waals surface area contributed by atoms with Crippen LogP contribution in [-0.4, -0.2) is 55.2 Å². The molecule has 4 aromatic rings. The summed E-state index contributed by atoms with van der Waals surface area (Å²) in [6, 6.07) is 27.6. The summed E-state index contributed by atoms with van der Waals surface area (Å²) in [7, 11) is 0. The van der Waals surface area contributed by atoms with Gasteiger partial charge in [0.05, 0.1) is 0 Å². The number of hydrogen-bond donors (Lipinski definition) is 0. The van der Waals surface area contributed by atoms with Gasteiger partial charge in [0.25, 0.3) is 0 Å². The molecule has 11 rings (SSSR count). The molecule has 6 heterocycles. The number of fused-ring (bicyclic) bond motifs is 8. The first kappa shape index (κ1) is 36.5. The predicted octanol–water partition coefficient (Wildman–Crippen LogP) is 13.2. The van der Waals surface area contributed by atoms with Crippen LogP contribution >= 0.6 is 0 Å². The molecule has 3 aliphatic carbocycles. The maximum Gasteiger partial charge on any atom is 0.0485 e. The Kier molecular flexibility index (Phi) is 10.1. The zero-order chi connectivity index (χ0) is 37.2. The molecule has 2 aromatic heterocycles. The fourth-order valence-corrected chi connectivity index (χ4v) is 15.4. The van der Waals surface area contributed by atoms with E-state index in [2.05, 4.69) is 92.8 Å². The van der Waals surface area contributed by atoms with Crippen LogP contribution in [0.5, 0.6) is 0 Å². The van der Waals surface area contributed by atoms with Gasteiger partial charge in [-0.15, -0.1) is 0 Å². The van der Waals surface area contributed by atoms with Crippen LogP contribution in [0.25, 0.3) is 21.8 Å². The lowest BCUT2D eigenvalue weighted by molar-refractivity contribution is -0.0534. The molecule has 4 aliphatic heterocycles. The molecule has 2 aromatic carbocycles. The number of hydrogen-bond acceptors (Lipinski definition) is 2. The van der Waals surface area contributed by atoms with E-state index < -0.39 is 0 Å². The Morgan fingerprint density at radius 2 is 1.04 bits per heavy atom. The van der Waals surface area contributed by atoms with Crippen LogP contribution in [0.2, 0.25) is 0 Å². The summed E-state index contributed by atoms with van der Waals surface area (Å²) >= 11 is 0. The van der Waals surface area contributed by atoms with E-state index in [9.17, 15) is 0 Å². The molecule has 7 aliphatic rings. The molecule has 4 heteroatoms. The number of rotatable bonds is 5. The fourth-order valence-electron chi connectivity index (χ4n) is 15.4. The zero-order valence-electron chi connectivity index (χ0n) is 34.8. The van der Waals surface area contributed by atoms with Crippen molar-refractivity contribution < 1.29 is 0 Å². The molecule has 4 saturated heterocycles. The molecule has 0 radical (unpaired) electrons. The molecule has 11 atom stereocenters. The highest BCUT2D eigenvalue weighted by Crippen LogP contribution is 2.55. The summed E-state index contributed by atoms with van der Waals surface area (Å²) in [5.41, 5.74) is 4.72. The summed E-state index contributed by atoms with van der Waals surface area (Å²) in [6.07, 6.45) is 37.9. The lowest BCUT2D eigenvalue weighted by atomic mass is 9.60. The minimum absolute atomic E-state index is 0.651. The van der Waals surface area contributed by atoms with Crippen LogP contribution in [0.4, 0.5) is 0 Å². The lowest BCUT2D eigenvalue weighted by Crippen LogP contribution is -2.59. The normalized spacial score (nSPS) is 37.8. The van der Waals surface area contributed by atoms with Gasteiger partial charge in [-0.05, 0) is 149 Å². The van der Waals surface area contributed by atoms with E-state index in [4.69, 9.17) is 0 Å². The Bertz CT molecular complexity index is 1920. The van der Waals surface area contributed by atoms with Gasteiger partial charge in [0.15, 0.2) is 0 Å². The van der Waals surface area contributed by atoms with Gasteiger partial charge in [0.2, 0.25) is 0 Å². The third-order valence-corrected chi connectivity index (χ3v) is 17.8. The summed E-state index contributed by atoms with van der Waals surface area (Å²) < 4.78 is 5.47. The predicted molar refractivity (Wildman–Crippen MR) is 233 cm³/mol. The summed E-state index contributed by atoms with van der Waals surface area (Å²) in [5, 5.41) is 3.02. The largest absolute Gasteiger partial charge is 0.344 e. The van der Waals surface area contributed by atoms with Gasteiger partial charge in [-0.3, -0.25) is 9.80 Å². The highest BCUT2D eigenvalue weighted by Gasteiger charge is 2.49. The van der Waals surface area contributed by atoms with Gasteiger partial charge < -0.3 is 9.13 Å². The van der Waals surface area contributed by atoms with Crippen LogP contribution in [0.1, 0.15) is 178 Å². The summed E-state index contributed by atoms with van der Waals surface area (Å²) in [4.78, 5) is 6.32. The van der Waals surface area contributed by atoms with Gasteiger partial charge in [-0.1, -0.05) is 95.0 Å². The fraction of sp³-hybridized carbons (Fsp3) is 0.692. The first-order valence-electron chi connectivity index (χ1n) is 24.4. The van der Waals surface area contributed by atoms with Gasteiger partial charge in [-0.2, -0.15) is 0 Å². The van der Waals surface area contributed by atoms with Gasteiger partial charge >= 0.3 is 0 Å². The van der Waals surface area contributed by atoms with Crippen LogP contribution in [0.15, 0.2) is 67.0 Å². The zero-order valence-corrected chi connectivity index (χ0v) is 34.8. The van der Waals surface area contributed by atoms with Crippen molar-refractivity contribution in [3.8, 4) is 0 Å². The van der Waals surface area contributed by atoms with E-state index in [1.54, 1.807) is 16.5 Å². The molecule has 6 bridgehead atoms. The van der Waals surface area contributed by atoms with Crippen molar-refractivity contribution in [1.29, 1.82) is 0 Å². The topological polar surface area (TPSA) is 16.3 Å². The third kappa shape index (κ3) is 6.54. The highest BCUT2D eigenvalue weighted by atomic mass is 15.3. The Hall–Kier alpha value is -2.56. The van der Waals surface area contributed by atoms with Gasteiger partial charge in [0, 0.05) is 77.1 Å². The molecule has 7 fully saturated rings. The Morgan fingerprint density at radius 1 is 0.429 bits per heavy atom. The van der Waals surface area contributed by atoms with Crippen LogP contribution in [-0.2, 0) is 0 Å². The van der Waals surface area contributed by atoms with E-state index in [1.165, 1.54) is 159 Å². The minimum Gasteiger partial charge on any atom is -0.344 e. The Morgan fingerprint density at radius 3 is 1.80 bits per heavy atom. The molecular weight excluding hydrogens is 681 g/mol. The number of nitrogens with zero attached hydrogens (tertiary/aromatic N) is 4. The average Bonchev–Trinajstić information content (AvgIpc) is 3.85. The second kappa shape index (κ2) is 15.6. The second-order valence-electron chi connectivity index (χ2n) is 20.8. The van der Waals surface area contributed by atoms with Crippen molar-refractivity contribution in [2.45, 2.75) is 209 Å². The van der Waals surface area contributed by atoms with E-state index >= 15 is 0 Å². The van der Waals surface area contributed by atoms with E-state index in [0.29, 0.717) is 12.1 Å². The van der Waals surface area contributed by atoms with Gasteiger partial charge in [0.1, 0.15) is 0 Å². The quantitative estimate of drug-likeness (QED) is 0.202. The first-order valence-corrected chi connectivity index (χ1v) is 24.4. The molecule has 3 saturated carbocycles. The number of piperidine rings is 4. The minimum atomic E-state index is 0.651. The second-order valence-corrected chi connectivity index (χ2v) is 20.8. The van der Waals surface area contributed by atoms with Crippen molar-refractivity contribution in [2.75, 3.05) is 0 Å². The maximum atomic E-state index is 3.16. The number of para-hydroxylation sites is 1. The molecule has 300 valence electrons. The maximum absolute atomic E-state index is 3.16. The van der Waals surface area contributed by atoms with Crippen molar-refractivity contribution in [3.05, 3.63) is 72.6 Å². The van der Waals surface area contributed by atoms with Crippen LogP contribution in [0.3, 0.4) is 0 Å². The van der Waals surface area contributed by atoms with Crippen molar-refractivity contribution in [3.63, 3.8) is 0 Å².